The molecule has 0 aliphatic carbocycles. The molecule has 1 heterocycles. The number of nitrogens with one attached hydrogen (secondary N) is 1. The first-order valence-electron chi connectivity index (χ1n) is 4.61. The molecule has 13 heavy (non-hydrogen) atoms. The average Bonchev–Trinajstić information content (AvgIpc) is 2.34. The maximum atomic E-state index is 11.3. The van der Waals surface area contributed by atoms with Crippen molar-refractivity contribution in [3.63, 3.8) is 0 Å². The topological polar surface area (TPSA) is 41.6 Å². The van der Waals surface area contributed by atoms with Crippen LogP contribution in [0.15, 0.2) is 0 Å². The second kappa shape index (κ2) is 4.58. The molecule has 1 fully saturated rings. The zero-order valence-corrected chi connectivity index (χ0v) is 8.54. The third-order valence-corrected chi connectivity index (χ3v) is 2.17. The summed E-state index contributed by atoms with van der Waals surface area (Å²) in [5, 5.41) is 2.95. The molecule has 1 aliphatic heterocycles. The molecule has 0 saturated carbocycles. The van der Waals surface area contributed by atoms with Gasteiger partial charge in [-0.1, -0.05) is 6.92 Å². The first kappa shape index (κ1) is 10.5. The van der Waals surface area contributed by atoms with Crippen molar-refractivity contribution in [2.45, 2.75) is 13.0 Å². The van der Waals surface area contributed by atoms with Gasteiger partial charge in [0.2, 0.25) is 5.91 Å². The molecule has 0 bridgehead atoms. The average molecular weight is 186 g/mol. The van der Waals surface area contributed by atoms with Crippen LogP contribution in [0.2, 0.25) is 0 Å². The highest BCUT2D eigenvalue weighted by molar-refractivity contribution is 5.78. The van der Waals surface area contributed by atoms with Crippen LogP contribution in [0.1, 0.15) is 6.92 Å². The minimum Gasteiger partial charge on any atom is -0.379 e. The molecule has 0 aromatic carbocycles. The highest BCUT2D eigenvalue weighted by Crippen LogP contribution is 2.11. The van der Waals surface area contributed by atoms with Gasteiger partial charge < -0.3 is 15.0 Å². The number of nitrogens with zero attached hydrogens (tertiary/aromatic N) is 1. The number of amides is 1. The number of carbonyl (C=O) groups excluding carboxylic acids is 1. The molecule has 4 heteroatoms. The highest BCUT2D eigenvalue weighted by atomic mass is 16.5. The van der Waals surface area contributed by atoms with Crippen molar-refractivity contribution in [1.82, 2.24) is 10.2 Å². The summed E-state index contributed by atoms with van der Waals surface area (Å²) in [6.45, 7) is 3.95. The Morgan fingerprint density at radius 1 is 1.54 bits per heavy atom. The van der Waals surface area contributed by atoms with Crippen molar-refractivity contribution in [3.8, 4) is 0 Å². The fourth-order valence-electron chi connectivity index (χ4n) is 1.38. The van der Waals surface area contributed by atoms with Crippen LogP contribution >= 0.6 is 0 Å². The van der Waals surface area contributed by atoms with E-state index >= 15 is 0 Å². The molecule has 4 nitrogen and oxygen atoms in total. The fourth-order valence-corrected chi connectivity index (χ4v) is 1.38. The summed E-state index contributed by atoms with van der Waals surface area (Å²) >= 11 is 0. The molecule has 0 radical (unpaired) electrons. The van der Waals surface area contributed by atoms with Crippen LogP contribution in [0.25, 0.3) is 0 Å². The summed E-state index contributed by atoms with van der Waals surface area (Å²) in [6.07, 6.45) is 0. The fraction of sp³-hybridized carbons (Fsp3) is 0.889. The summed E-state index contributed by atoms with van der Waals surface area (Å²) in [6, 6.07) is 0.201. The Hall–Kier alpha value is -0.610. The summed E-state index contributed by atoms with van der Waals surface area (Å²) in [4.78, 5) is 13.2. The van der Waals surface area contributed by atoms with Crippen LogP contribution < -0.4 is 5.32 Å². The van der Waals surface area contributed by atoms with E-state index in [0.717, 1.165) is 6.61 Å². The maximum Gasteiger partial charge on any atom is 0.234 e. The Bertz CT molecular complexity index is 182. The van der Waals surface area contributed by atoms with E-state index in [1.165, 1.54) is 0 Å². The molecule has 1 amide bonds. The lowest BCUT2D eigenvalue weighted by atomic mass is 10.1. The SMILES string of the molecule is CC1COCC1NC(=O)CN(C)C. The first-order chi connectivity index (χ1) is 6.09. The number of hydrogen-bond donors (Lipinski definition) is 1. The molecule has 76 valence electrons. The van der Waals surface area contributed by atoms with Crippen molar-refractivity contribution < 1.29 is 9.53 Å². The zero-order valence-electron chi connectivity index (χ0n) is 8.54. The van der Waals surface area contributed by atoms with E-state index < -0.39 is 0 Å². The third kappa shape index (κ3) is 3.32. The van der Waals surface area contributed by atoms with Crippen molar-refractivity contribution in [1.29, 1.82) is 0 Å². The van der Waals surface area contributed by atoms with Crippen LogP contribution in [0.3, 0.4) is 0 Å². The monoisotopic (exact) mass is 186 g/mol. The van der Waals surface area contributed by atoms with Crippen molar-refractivity contribution in [2.24, 2.45) is 5.92 Å². The molecule has 1 saturated heterocycles. The molecule has 0 spiro atoms. The maximum absolute atomic E-state index is 11.3. The van der Waals surface area contributed by atoms with Gasteiger partial charge in [-0.2, -0.15) is 0 Å². The molecule has 1 aliphatic rings. The number of hydrogen-bond acceptors (Lipinski definition) is 3. The van der Waals surface area contributed by atoms with Gasteiger partial charge >= 0.3 is 0 Å². The molecule has 1 N–H and O–H groups in total. The Morgan fingerprint density at radius 3 is 2.69 bits per heavy atom. The van der Waals surface area contributed by atoms with Gasteiger partial charge in [-0.25, -0.2) is 0 Å². The van der Waals surface area contributed by atoms with Crippen LogP contribution in [0.4, 0.5) is 0 Å². The predicted octanol–water partition coefficient (Wildman–Crippen LogP) is -0.301. The summed E-state index contributed by atoms with van der Waals surface area (Å²) < 4.78 is 5.25. The van der Waals surface area contributed by atoms with E-state index in [1.807, 2.05) is 19.0 Å². The second-order valence-corrected chi connectivity index (χ2v) is 3.93. The molecular formula is C9H18N2O2. The van der Waals surface area contributed by atoms with Gasteiger partial charge in [0.1, 0.15) is 0 Å². The second-order valence-electron chi connectivity index (χ2n) is 3.93. The van der Waals surface area contributed by atoms with E-state index in [-0.39, 0.29) is 11.9 Å². The van der Waals surface area contributed by atoms with Gasteiger partial charge in [-0.05, 0) is 14.1 Å². The van der Waals surface area contributed by atoms with E-state index in [2.05, 4.69) is 12.2 Å². The molecule has 1 rings (SSSR count). The largest absolute Gasteiger partial charge is 0.379 e. The van der Waals surface area contributed by atoms with Crippen LogP contribution in [-0.2, 0) is 9.53 Å². The lowest BCUT2D eigenvalue weighted by Gasteiger charge is -2.17. The van der Waals surface area contributed by atoms with E-state index in [0.29, 0.717) is 19.1 Å². The van der Waals surface area contributed by atoms with Crippen molar-refractivity contribution >= 4 is 5.91 Å². The highest BCUT2D eigenvalue weighted by Gasteiger charge is 2.25. The van der Waals surface area contributed by atoms with E-state index in [1.54, 1.807) is 0 Å². The first-order valence-corrected chi connectivity index (χ1v) is 4.61. The minimum atomic E-state index is 0.0763. The van der Waals surface area contributed by atoms with Crippen LogP contribution in [0, 0.1) is 5.92 Å². The van der Waals surface area contributed by atoms with Gasteiger partial charge in [0.25, 0.3) is 0 Å². The minimum absolute atomic E-state index is 0.0763. The Morgan fingerprint density at radius 2 is 2.23 bits per heavy atom. The number of carbonyl (C=O) groups is 1. The molecular weight excluding hydrogens is 168 g/mol. The molecule has 0 aromatic rings. The Labute approximate surface area is 79.2 Å². The number of likely N-dealkylation sites (N-methyl/N-ethyl adjacent to an activating group) is 1. The normalized spacial score (nSPS) is 28.0. The van der Waals surface area contributed by atoms with Crippen molar-refractivity contribution in [3.05, 3.63) is 0 Å². The predicted molar refractivity (Wildman–Crippen MR) is 50.5 cm³/mol. The third-order valence-electron chi connectivity index (χ3n) is 2.17. The quantitative estimate of drug-likeness (QED) is 0.658. The Kier molecular flexibility index (Phi) is 3.69. The van der Waals surface area contributed by atoms with Gasteiger partial charge in [0.15, 0.2) is 0 Å². The molecule has 0 aromatic heterocycles. The van der Waals surface area contributed by atoms with Gasteiger partial charge in [-0.3, -0.25) is 4.79 Å². The smallest absolute Gasteiger partial charge is 0.234 e. The lowest BCUT2D eigenvalue weighted by molar-refractivity contribution is -0.122. The standard InChI is InChI=1S/C9H18N2O2/c1-7-5-13-6-8(7)10-9(12)4-11(2)3/h7-8H,4-6H2,1-3H3,(H,10,12). The lowest BCUT2D eigenvalue weighted by Crippen LogP contribution is -2.43. The zero-order chi connectivity index (χ0) is 9.84. The molecule has 2 atom stereocenters. The van der Waals surface area contributed by atoms with Crippen molar-refractivity contribution in [2.75, 3.05) is 33.9 Å². The van der Waals surface area contributed by atoms with Crippen LogP contribution in [-0.4, -0.2) is 50.7 Å². The van der Waals surface area contributed by atoms with Gasteiger partial charge in [-0.15, -0.1) is 0 Å². The summed E-state index contributed by atoms with van der Waals surface area (Å²) in [5.41, 5.74) is 0. The summed E-state index contributed by atoms with van der Waals surface area (Å²) in [7, 11) is 3.77. The van der Waals surface area contributed by atoms with Gasteiger partial charge in [0, 0.05) is 5.92 Å². The van der Waals surface area contributed by atoms with Crippen LogP contribution in [0.5, 0.6) is 0 Å². The Balaban J connectivity index is 2.27. The number of rotatable bonds is 3. The van der Waals surface area contributed by atoms with E-state index in [9.17, 15) is 4.79 Å². The molecule has 2 unspecified atom stereocenters. The van der Waals surface area contributed by atoms with Gasteiger partial charge in [0.05, 0.1) is 25.8 Å². The van der Waals surface area contributed by atoms with E-state index in [4.69, 9.17) is 4.74 Å². The summed E-state index contributed by atoms with van der Waals surface area (Å²) in [5.74, 6) is 0.512. The number of ether oxygens (including phenoxy) is 1.